The summed E-state index contributed by atoms with van der Waals surface area (Å²) in [6.45, 7) is -0.00230. The summed E-state index contributed by atoms with van der Waals surface area (Å²) >= 11 is 3.37. The molecule has 0 atom stereocenters. The molecule has 4 rings (SSSR count). The number of carbonyl (C=O) groups excluding carboxylic acids is 3. The number of nitrogens with zero attached hydrogens (tertiary/aromatic N) is 2. The Balaban J connectivity index is 1.64. The van der Waals surface area contributed by atoms with E-state index in [1.807, 2.05) is 5.32 Å². The number of imide groups is 2. The number of hydrogen-bond acceptors (Lipinski definition) is 7. The number of anilines is 1. The topological polar surface area (TPSA) is 128 Å². The van der Waals surface area contributed by atoms with Gasteiger partial charge in [0.1, 0.15) is 18.0 Å². The highest BCUT2D eigenvalue weighted by Crippen LogP contribution is 2.38. The summed E-state index contributed by atoms with van der Waals surface area (Å²) in [7, 11) is 1.38. The lowest BCUT2D eigenvalue weighted by atomic mass is 10.1. The van der Waals surface area contributed by atoms with Crippen LogP contribution < -0.4 is 19.7 Å². The number of carbonyl (C=O) groups is 3. The first kappa shape index (κ1) is 25.5. The Morgan fingerprint density at radius 3 is 2.57 bits per heavy atom. The highest BCUT2D eigenvalue weighted by molar-refractivity contribution is 9.10. The highest BCUT2D eigenvalue weighted by atomic mass is 79.9. The van der Waals surface area contributed by atoms with Crippen molar-refractivity contribution in [2.45, 2.75) is 6.61 Å². The van der Waals surface area contributed by atoms with Crippen LogP contribution in [-0.2, 0) is 16.2 Å². The van der Waals surface area contributed by atoms with Gasteiger partial charge in [-0.25, -0.2) is 14.1 Å². The molecule has 3 aromatic rings. The Morgan fingerprint density at radius 2 is 1.86 bits per heavy atom. The van der Waals surface area contributed by atoms with E-state index < -0.39 is 34.2 Å². The van der Waals surface area contributed by atoms with Crippen LogP contribution in [0.2, 0.25) is 0 Å². The molecule has 1 aliphatic heterocycles. The summed E-state index contributed by atoms with van der Waals surface area (Å²) in [5, 5.41) is 13.0. The summed E-state index contributed by atoms with van der Waals surface area (Å²) in [5.74, 6) is -2.24. The molecule has 0 radical (unpaired) electrons. The van der Waals surface area contributed by atoms with Crippen molar-refractivity contribution in [2.75, 3.05) is 12.0 Å². The second kappa shape index (κ2) is 10.6. The monoisotopic (exact) mass is 569 g/mol. The number of methoxy groups -OCH3 is 1. The number of benzene rings is 3. The van der Waals surface area contributed by atoms with Crippen LogP contribution in [-0.4, -0.2) is 29.9 Å². The fourth-order valence-electron chi connectivity index (χ4n) is 3.55. The summed E-state index contributed by atoms with van der Waals surface area (Å²) in [4.78, 5) is 48.9. The van der Waals surface area contributed by atoms with Crippen LogP contribution in [0.1, 0.15) is 11.1 Å². The van der Waals surface area contributed by atoms with Crippen molar-refractivity contribution in [1.82, 2.24) is 5.32 Å². The molecular formula is C25H17BrFN3O7. The van der Waals surface area contributed by atoms with Gasteiger partial charge in [0.15, 0.2) is 11.5 Å². The highest BCUT2D eigenvalue weighted by Gasteiger charge is 2.38. The summed E-state index contributed by atoms with van der Waals surface area (Å²) in [6, 6.07) is 13.1. The van der Waals surface area contributed by atoms with Crippen molar-refractivity contribution in [3.63, 3.8) is 0 Å². The van der Waals surface area contributed by atoms with Crippen LogP contribution in [0, 0.1) is 15.9 Å². The van der Waals surface area contributed by atoms with E-state index in [9.17, 15) is 28.9 Å². The lowest BCUT2D eigenvalue weighted by molar-refractivity contribution is -0.384. The molecule has 0 bridgehead atoms. The van der Waals surface area contributed by atoms with E-state index in [1.165, 1.54) is 49.6 Å². The number of hydrogen-bond donors (Lipinski definition) is 1. The number of urea groups is 1. The van der Waals surface area contributed by atoms with Crippen LogP contribution in [0.15, 0.2) is 70.7 Å². The minimum atomic E-state index is -1.07. The predicted octanol–water partition coefficient (Wildman–Crippen LogP) is 4.75. The molecule has 4 amide bonds. The minimum absolute atomic E-state index is 0.00230. The van der Waals surface area contributed by atoms with Crippen molar-refractivity contribution >= 4 is 51.2 Å². The number of nitrogens with one attached hydrogen (secondary N) is 1. The molecule has 0 spiro atoms. The van der Waals surface area contributed by atoms with Gasteiger partial charge in [0, 0.05) is 12.1 Å². The van der Waals surface area contributed by atoms with E-state index in [1.54, 1.807) is 18.2 Å². The van der Waals surface area contributed by atoms with Crippen LogP contribution in [0.3, 0.4) is 0 Å². The smallest absolute Gasteiger partial charge is 0.336 e. The molecule has 0 unspecified atom stereocenters. The zero-order chi connectivity index (χ0) is 26.7. The molecule has 1 saturated heterocycles. The first-order chi connectivity index (χ1) is 17.7. The van der Waals surface area contributed by atoms with Crippen LogP contribution >= 0.6 is 15.9 Å². The maximum atomic E-state index is 14.3. The normalized spacial score (nSPS) is 14.5. The van der Waals surface area contributed by atoms with Gasteiger partial charge >= 0.3 is 6.03 Å². The van der Waals surface area contributed by atoms with Gasteiger partial charge < -0.3 is 9.47 Å². The fourth-order valence-corrected chi connectivity index (χ4v) is 4.13. The number of ether oxygens (including phenoxy) is 2. The van der Waals surface area contributed by atoms with E-state index >= 15 is 0 Å². The minimum Gasteiger partial charge on any atom is -0.493 e. The third-order valence-corrected chi connectivity index (χ3v) is 5.85. The van der Waals surface area contributed by atoms with Crippen LogP contribution in [0.4, 0.5) is 20.6 Å². The van der Waals surface area contributed by atoms with E-state index in [0.29, 0.717) is 20.5 Å². The Bertz CT molecular complexity index is 1470. The maximum Gasteiger partial charge on any atom is 0.336 e. The number of nitro groups is 1. The molecule has 0 aliphatic carbocycles. The number of non-ortho nitro benzene ring substituents is 1. The Kier molecular flexibility index (Phi) is 7.30. The Hall–Kier alpha value is -4.58. The summed E-state index contributed by atoms with van der Waals surface area (Å²) in [5.41, 5.74) is 0.117. The first-order valence-electron chi connectivity index (χ1n) is 10.6. The quantitative estimate of drug-likeness (QED) is 0.188. The van der Waals surface area contributed by atoms with Crippen molar-refractivity contribution in [2.24, 2.45) is 0 Å². The van der Waals surface area contributed by atoms with Gasteiger partial charge in [0.2, 0.25) is 0 Å². The van der Waals surface area contributed by atoms with Gasteiger partial charge in [-0.3, -0.25) is 25.0 Å². The second-order valence-corrected chi connectivity index (χ2v) is 8.51. The van der Waals surface area contributed by atoms with Crippen molar-refractivity contribution in [3.8, 4) is 11.5 Å². The molecule has 3 aromatic carbocycles. The van der Waals surface area contributed by atoms with E-state index in [4.69, 9.17) is 9.47 Å². The molecule has 10 nitrogen and oxygen atoms in total. The Morgan fingerprint density at radius 1 is 1.11 bits per heavy atom. The van der Waals surface area contributed by atoms with Crippen molar-refractivity contribution < 1.29 is 33.2 Å². The van der Waals surface area contributed by atoms with Crippen molar-refractivity contribution in [3.05, 3.63) is 97.8 Å². The van der Waals surface area contributed by atoms with Gasteiger partial charge in [0.05, 0.1) is 22.2 Å². The number of amides is 4. The van der Waals surface area contributed by atoms with Gasteiger partial charge in [-0.2, -0.15) is 0 Å². The SMILES string of the molecule is COc1cc(/C=C2/C(=O)NC(=O)N(c3ccccc3F)C2=O)cc(Br)c1OCc1cccc([N+](=O)[O-])c1. The zero-order valence-electron chi connectivity index (χ0n) is 19.1. The van der Waals surface area contributed by atoms with Gasteiger partial charge in [-0.1, -0.05) is 24.3 Å². The fraction of sp³-hybridized carbons (Fsp3) is 0.0800. The second-order valence-electron chi connectivity index (χ2n) is 7.66. The molecule has 1 heterocycles. The lowest BCUT2D eigenvalue weighted by Gasteiger charge is -2.26. The molecule has 0 saturated carbocycles. The van der Waals surface area contributed by atoms with Gasteiger partial charge in [-0.15, -0.1) is 0 Å². The maximum absolute atomic E-state index is 14.3. The molecule has 1 N–H and O–H groups in total. The first-order valence-corrected chi connectivity index (χ1v) is 11.4. The van der Waals surface area contributed by atoms with Crippen LogP contribution in [0.5, 0.6) is 11.5 Å². The summed E-state index contributed by atoms with van der Waals surface area (Å²) in [6.07, 6.45) is 1.23. The average molecular weight is 570 g/mol. The number of barbiturate groups is 1. The zero-order valence-corrected chi connectivity index (χ0v) is 20.7. The van der Waals surface area contributed by atoms with E-state index in [2.05, 4.69) is 15.9 Å². The summed E-state index contributed by atoms with van der Waals surface area (Å²) < 4.78 is 25.9. The molecule has 1 aliphatic rings. The predicted molar refractivity (Wildman–Crippen MR) is 134 cm³/mol. The number of rotatable bonds is 7. The molecule has 12 heteroatoms. The molecule has 37 heavy (non-hydrogen) atoms. The third kappa shape index (κ3) is 5.33. The Labute approximate surface area is 217 Å². The van der Waals surface area contributed by atoms with E-state index in [0.717, 1.165) is 6.07 Å². The van der Waals surface area contributed by atoms with Crippen LogP contribution in [0.25, 0.3) is 6.08 Å². The number of para-hydroxylation sites is 1. The largest absolute Gasteiger partial charge is 0.493 e. The molecular weight excluding hydrogens is 553 g/mol. The van der Waals surface area contributed by atoms with Crippen molar-refractivity contribution in [1.29, 1.82) is 0 Å². The van der Waals surface area contributed by atoms with Gasteiger partial charge in [-0.05, 0) is 57.4 Å². The van der Waals surface area contributed by atoms with Gasteiger partial charge in [0.25, 0.3) is 17.5 Å². The molecule has 188 valence electrons. The average Bonchev–Trinajstić information content (AvgIpc) is 2.86. The van der Waals surface area contributed by atoms with E-state index in [-0.39, 0.29) is 29.5 Å². The molecule has 1 fully saturated rings. The third-order valence-electron chi connectivity index (χ3n) is 5.26. The molecule has 0 aromatic heterocycles. The standard InChI is InChI=1S/C25H17BrFN3O7/c1-36-21-12-15(11-18(26)22(21)37-13-14-5-4-6-16(9-14)30(34)35)10-17-23(31)28-25(33)29(24(17)32)20-8-3-2-7-19(20)27/h2-12H,13H2,1H3,(H,28,31,33)/b17-10-. The number of halogens is 2. The number of nitro benzene ring substituents is 1. The lowest BCUT2D eigenvalue weighted by Crippen LogP contribution is -2.54.